The largest absolute Gasteiger partial charge is 0.480 e. The number of carbonyl (C=O) groups is 1. The molecule has 0 saturated carbocycles. The van der Waals surface area contributed by atoms with Gasteiger partial charge in [0, 0.05) is 31.2 Å². The zero-order chi connectivity index (χ0) is 11.5. The summed E-state index contributed by atoms with van der Waals surface area (Å²) in [6.45, 7) is 4.10. The Morgan fingerprint density at radius 1 is 1.81 bits per heavy atom. The van der Waals surface area contributed by atoms with Crippen LogP contribution in [0.2, 0.25) is 0 Å². The summed E-state index contributed by atoms with van der Waals surface area (Å²) in [6.07, 6.45) is 1.76. The maximum atomic E-state index is 11.1. The summed E-state index contributed by atoms with van der Waals surface area (Å²) in [7, 11) is 0. The molecule has 1 fully saturated rings. The van der Waals surface area contributed by atoms with Crippen LogP contribution in [0.15, 0.2) is 11.6 Å². The average molecular weight is 241 g/mol. The molecule has 2 N–H and O–H groups in total. The number of carboxylic acids is 1. The van der Waals surface area contributed by atoms with Crippen molar-refractivity contribution in [3.05, 3.63) is 16.6 Å². The van der Waals surface area contributed by atoms with Crippen LogP contribution in [0.5, 0.6) is 0 Å². The van der Waals surface area contributed by atoms with Crippen molar-refractivity contribution in [2.75, 3.05) is 19.6 Å². The molecule has 88 valence electrons. The van der Waals surface area contributed by atoms with Gasteiger partial charge in [0.25, 0.3) is 0 Å². The monoisotopic (exact) mass is 241 g/mol. The number of piperazine rings is 1. The van der Waals surface area contributed by atoms with Crippen molar-refractivity contribution in [1.82, 2.24) is 15.2 Å². The van der Waals surface area contributed by atoms with Gasteiger partial charge in [0.15, 0.2) is 0 Å². The molecule has 2 atom stereocenters. The number of nitrogens with zero attached hydrogens (tertiary/aromatic N) is 2. The molecule has 2 rings (SSSR count). The summed E-state index contributed by atoms with van der Waals surface area (Å²) in [5.41, 5.74) is 0. The molecule has 0 aliphatic carbocycles. The van der Waals surface area contributed by atoms with Crippen LogP contribution < -0.4 is 5.32 Å². The van der Waals surface area contributed by atoms with Crippen molar-refractivity contribution in [3.8, 4) is 0 Å². The van der Waals surface area contributed by atoms with Gasteiger partial charge >= 0.3 is 5.97 Å². The first-order valence-electron chi connectivity index (χ1n) is 5.29. The van der Waals surface area contributed by atoms with Gasteiger partial charge in [-0.25, -0.2) is 4.98 Å². The molecule has 2 unspecified atom stereocenters. The van der Waals surface area contributed by atoms with E-state index < -0.39 is 12.0 Å². The molecule has 0 bridgehead atoms. The second-order valence-electron chi connectivity index (χ2n) is 3.84. The maximum Gasteiger partial charge on any atom is 0.322 e. The minimum absolute atomic E-state index is 0.0724. The van der Waals surface area contributed by atoms with E-state index in [1.54, 1.807) is 17.5 Å². The number of aromatic nitrogens is 1. The van der Waals surface area contributed by atoms with Crippen molar-refractivity contribution >= 4 is 17.3 Å². The van der Waals surface area contributed by atoms with Gasteiger partial charge in [0.2, 0.25) is 0 Å². The van der Waals surface area contributed by atoms with E-state index in [0.29, 0.717) is 6.54 Å². The molecule has 1 saturated heterocycles. The number of nitrogens with one attached hydrogen (secondary N) is 1. The van der Waals surface area contributed by atoms with Crippen LogP contribution in [0.3, 0.4) is 0 Å². The first kappa shape index (κ1) is 11.5. The van der Waals surface area contributed by atoms with Gasteiger partial charge in [-0.2, -0.15) is 0 Å². The number of carboxylic acid groups (broad SMARTS) is 1. The topological polar surface area (TPSA) is 65.5 Å². The fraction of sp³-hybridized carbons (Fsp3) is 0.600. The number of thiazole rings is 1. The quantitative estimate of drug-likeness (QED) is 0.809. The number of rotatable bonds is 3. The van der Waals surface area contributed by atoms with E-state index in [1.165, 1.54) is 0 Å². The molecule has 1 aromatic heterocycles. The summed E-state index contributed by atoms with van der Waals surface area (Å²) in [6, 6.07) is -0.379. The highest BCUT2D eigenvalue weighted by Gasteiger charge is 2.32. The minimum Gasteiger partial charge on any atom is -0.480 e. The van der Waals surface area contributed by atoms with Crippen molar-refractivity contribution in [3.63, 3.8) is 0 Å². The van der Waals surface area contributed by atoms with Gasteiger partial charge in [-0.15, -0.1) is 11.3 Å². The predicted molar refractivity (Wildman–Crippen MR) is 61.5 cm³/mol. The van der Waals surface area contributed by atoms with Crippen LogP contribution in [0.1, 0.15) is 18.0 Å². The van der Waals surface area contributed by atoms with Crippen molar-refractivity contribution in [2.45, 2.75) is 19.0 Å². The van der Waals surface area contributed by atoms with Crippen molar-refractivity contribution in [1.29, 1.82) is 0 Å². The third kappa shape index (κ3) is 2.23. The van der Waals surface area contributed by atoms with Crippen molar-refractivity contribution in [2.24, 2.45) is 0 Å². The van der Waals surface area contributed by atoms with E-state index in [9.17, 15) is 4.79 Å². The van der Waals surface area contributed by atoms with E-state index in [2.05, 4.69) is 10.3 Å². The highest BCUT2D eigenvalue weighted by atomic mass is 32.1. The third-order valence-corrected chi connectivity index (χ3v) is 3.82. The van der Waals surface area contributed by atoms with Gasteiger partial charge in [-0.1, -0.05) is 0 Å². The number of aliphatic carboxylic acids is 1. The highest BCUT2D eigenvalue weighted by molar-refractivity contribution is 7.09. The van der Waals surface area contributed by atoms with Crippen LogP contribution in [0, 0.1) is 0 Å². The van der Waals surface area contributed by atoms with Gasteiger partial charge < -0.3 is 10.4 Å². The minimum atomic E-state index is -0.768. The smallest absolute Gasteiger partial charge is 0.322 e. The average Bonchev–Trinajstić information content (AvgIpc) is 2.81. The molecule has 0 spiro atoms. The third-order valence-electron chi connectivity index (χ3n) is 2.88. The van der Waals surface area contributed by atoms with E-state index in [1.807, 2.05) is 17.2 Å². The summed E-state index contributed by atoms with van der Waals surface area (Å²) in [5, 5.41) is 15.2. The summed E-state index contributed by atoms with van der Waals surface area (Å²) in [4.78, 5) is 17.4. The lowest BCUT2D eigenvalue weighted by Crippen LogP contribution is -2.55. The molecule has 0 radical (unpaired) electrons. The van der Waals surface area contributed by atoms with Gasteiger partial charge in [-0.05, 0) is 6.92 Å². The van der Waals surface area contributed by atoms with Crippen molar-refractivity contribution < 1.29 is 9.90 Å². The predicted octanol–water partition coefficient (Wildman–Crippen LogP) is 0.562. The van der Waals surface area contributed by atoms with Crippen LogP contribution in [0.4, 0.5) is 0 Å². The molecule has 1 aliphatic rings. The zero-order valence-electron chi connectivity index (χ0n) is 9.09. The van der Waals surface area contributed by atoms with Crippen LogP contribution in [-0.4, -0.2) is 46.6 Å². The number of hydrogen-bond donors (Lipinski definition) is 2. The van der Waals surface area contributed by atoms with E-state index >= 15 is 0 Å². The number of hydrogen-bond acceptors (Lipinski definition) is 5. The molecule has 1 aromatic rings. The molecule has 5 nitrogen and oxygen atoms in total. The molecular formula is C10H15N3O2S. The normalized spacial score (nSPS) is 24.2. The van der Waals surface area contributed by atoms with Gasteiger partial charge in [-0.3, -0.25) is 9.69 Å². The Bertz CT molecular complexity index is 355. The lowest BCUT2D eigenvalue weighted by atomic mass is 10.1. The second kappa shape index (κ2) is 4.90. The summed E-state index contributed by atoms with van der Waals surface area (Å²) < 4.78 is 0. The standard InChI is InChI=1S/C10H15N3O2S/c1-7(9-12-3-5-16-9)13-4-2-11-6-8(13)10(14)15/h3,5,7-8,11H,2,4,6H2,1H3,(H,14,15). The summed E-state index contributed by atoms with van der Waals surface area (Å²) in [5.74, 6) is -0.768. The zero-order valence-corrected chi connectivity index (χ0v) is 9.91. The maximum absolute atomic E-state index is 11.1. The molecule has 0 aromatic carbocycles. The van der Waals surface area contributed by atoms with Crippen LogP contribution >= 0.6 is 11.3 Å². The Kier molecular flexibility index (Phi) is 3.52. The second-order valence-corrected chi connectivity index (χ2v) is 4.77. The Balaban J connectivity index is 2.14. The van der Waals surface area contributed by atoms with E-state index in [4.69, 9.17) is 5.11 Å². The van der Waals surface area contributed by atoms with Gasteiger partial charge in [0.1, 0.15) is 11.0 Å². The van der Waals surface area contributed by atoms with Crippen LogP contribution in [-0.2, 0) is 4.79 Å². The summed E-state index contributed by atoms with van der Waals surface area (Å²) >= 11 is 1.57. The first-order valence-corrected chi connectivity index (χ1v) is 6.17. The first-order chi connectivity index (χ1) is 7.70. The molecule has 6 heteroatoms. The van der Waals surface area contributed by atoms with Crippen LogP contribution in [0.25, 0.3) is 0 Å². The lowest BCUT2D eigenvalue weighted by molar-refractivity contribution is -0.145. The molecular weight excluding hydrogens is 226 g/mol. The SMILES string of the molecule is CC(c1nccs1)N1CCNCC1C(=O)O. The van der Waals surface area contributed by atoms with E-state index in [0.717, 1.165) is 18.1 Å². The molecule has 16 heavy (non-hydrogen) atoms. The molecule has 0 amide bonds. The lowest BCUT2D eigenvalue weighted by Gasteiger charge is -2.36. The fourth-order valence-corrected chi connectivity index (χ4v) is 2.71. The Labute approximate surface area is 98.1 Å². The van der Waals surface area contributed by atoms with Gasteiger partial charge in [0.05, 0.1) is 6.04 Å². The fourth-order valence-electron chi connectivity index (χ4n) is 2.00. The Morgan fingerprint density at radius 3 is 3.25 bits per heavy atom. The van der Waals surface area contributed by atoms with E-state index in [-0.39, 0.29) is 6.04 Å². The highest BCUT2D eigenvalue weighted by Crippen LogP contribution is 2.24. The Hall–Kier alpha value is -0.980. The molecule has 2 heterocycles. The molecule has 1 aliphatic heterocycles. The Morgan fingerprint density at radius 2 is 2.62 bits per heavy atom.